The van der Waals surface area contributed by atoms with E-state index < -0.39 is 0 Å². The van der Waals surface area contributed by atoms with Gasteiger partial charge < -0.3 is 10.1 Å². The van der Waals surface area contributed by atoms with Gasteiger partial charge in [0.1, 0.15) is 5.03 Å². The number of thioether (sulfide) groups is 1. The van der Waals surface area contributed by atoms with Crippen molar-refractivity contribution in [2.45, 2.75) is 24.5 Å². The van der Waals surface area contributed by atoms with Gasteiger partial charge in [-0.05, 0) is 31.6 Å². The molecule has 1 aliphatic heterocycles. The molecule has 0 saturated carbocycles. The molecular formula is C12H19N3OS. The quantitative estimate of drug-likeness (QED) is 0.810. The van der Waals surface area contributed by atoms with E-state index in [1.807, 2.05) is 6.26 Å². The van der Waals surface area contributed by atoms with Crippen LogP contribution in [-0.4, -0.2) is 35.9 Å². The minimum absolute atomic E-state index is 0.570. The fourth-order valence-corrected chi connectivity index (χ4v) is 2.53. The van der Waals surface area contributed by atoms with Gasteiger partial charge in [0.05, 0.1) is 18.9 Å². The molecule has 0 unspecified atom stereocenters. The van der Waals surface area contributed by atoms with Gasteiger partial charge in [-0.3, -0.25) is 4.98 Å². The molecule has 1 fully saturated rings. The standard InChI is InChI=1S/C12H19N3OS/c1-17-12-11(14-5-6-15-12)9-16-8-10-3-2-4-13-7-10/h5-6,10,13H,2-4,7-9H2,1H3/t10-/m1/s1. The molecule has 1 aliphatic rings. The van der Waals surface area contributed by atoms with Crippen LogP contribution in [0.5, 0.6) is 0 Å². The van der Waals surface area contributed by atoms with E-state index in [1.54, 1.807) is 24.2 Å². The van der Waals surface area contributed by atoms with Crippen molar-refractivity contribution >= 4 is 11.8 Å². The molecule has 0 aromatic carbocycles. The summed E-state index contributed by atoms with van der Waals surface area (Å²) in [4.78, 5) is 8.58. The Morgan fingerprint density at radius 3 is 3.12 bits per heavy atom. The Kier molecular flexibility index (Phi) is 5.22. The highest BCUT2D eigenvalue weighted by Crippen LogP contribution is 2.16. The second-order valence-corrected chi connectivity index (χ2v) is 5.03. The molecule has 1 N–H and O–H groups in total. The van der Waals surface area contributed by atoms with Gasteiger partial charge in [-0.25, -0.2) is 4.98 Å². The summed E-state index contributed by atoms with van der Waals surface area (Å²) in [6, 6.07) is 0. The van der Waals surface area contributed by atoms with Gasteiger partial charge in [-0.2, -0.15) is 0 Å². The summed E-state index contributed by atoms with van der Waals surface area (Å²) in [5.41, 5.74) is 0.948. The van der Waals surface area contributed by atoms with Crippen LogP contribution < -0.4 is 5.32 Å². The van der Waals surface area contributed by atoms with Crippen LogP contribution in [0.3, 0.4) is 0 Å². The zero-order valence-electron chi connectivity index (χ0n) is 10.2. The number of rotatable bonds is 5. The van der Waals surface area contributed by atoms with Crippen LogP contribution in [0.25, 0.3) is 0 Å². The van der Waals surface area contributed by atoms with Gasteiger partial charge >= 0.3 is 0 Å². The molecule has 17 heavy (non-hydrogen) atoms. The third kappa shape index (κ3) is 3.94. The van der Waals surface area contributed by atoms with Crippen molar-refractivity contribution in [3.05, 3.63) is 18.1 Å². The highest BCUT2D eigenvalue weighted by molar-refractivity contribution is 7.98. The Morgan fingerprint density at radius 2 is 2.35 bits per heavy atom. The van der Waals surface area contributed by atoms with Crippen molar-refractivity contribution < 1.29 is 4.74 Å². The minimum atomic E-state index is 0.570. The normalized spacial score (nSPS) is 20.4. The second-order valence-electron chi connectivity index (χ2n) is 4.24. The number of piperidine rings is 1. The second kappa shape index (κ2) is 6.93. The maximum absolute atomic E-state index is 5.75. The van der Waals surface area contributed by atoms with Crippen LogP contribution in [0, 0.1) is 5.92 Å². The van der Waals surface area contributed by atoms with Crippen molar-refractivity contribution in [1.82, 2.24) is 15.3 Å². The summed E-state index contributed by atoms with van der Waals surface area (Å²) in [6.45, 7) is 3.62. The van der Waals surface area contributed by atoms with Crippen LogP contribution in [0.1, 0.15) is 18.5 Å². The first kappa shape index (κ1) is 12.8. The van der Waals surface area contributed by atoms with E-state index in [4.69, 9.17) is 4.74 Å². The highest BCUT2D eigenvalue weighted by atomic mass is 32.2. The molecule has 0 spiro atoms. The van der Waals surface area contributed by atoms with Gasteiger partial charge in [0.25, 0.3) is 0 Å². The number of hydrogen-bond donors (Lipinski definition) is 1. The van der Waals surface area contributed by atoms with E-state index in [0.717, 1.165) is 30.4 Å². The molecule has 1 saturated heterocycles. The Bertz CT molecular complexity index is 342. The van der Waals surface area contributed by atoms with Gasteiger partial charge in [0.2, 0.25) is 0 Å². The van der Waals surface area contributed by atoms with Crippen molar-refractivity contribution in [2.75, 3.05) is 26.0 Å². The van der Waals surface area contributed by atoms with Crippen LogP contribution in [0.4, 0.5) is 0 Å². The molecule has 4 nitrogen and oxygen atoms in total. The maximum atomic E-state index is 5.75. The largest absolute Gasteiger partial charge is 0.375 e. The topological polar surface area (TPSA) is 47.0 Å². The molecule has 0 bridgehead atoms. The first-order valence-corrected chi connectivity index (χ1v) is 7.25. The first-order chi connectivity index (χ1) is 8.40. The molecule has 1 atom stereocenters. The molecule has 5 heteroatoms. The fourth-order valence-electron chi connectivity index (χ4n) is 2.01. The lowest BCUT2D eigenvalue weighted by Gasteiger charge is -2.22. The molecule has 1 aromatic heterocycles. The lowest BCUT2D eigenvalue weighted by atomic mass is 10.0. The predicted octanol–water partition coefficient (Wildman–Crippen LogP) is 1.71. The number of nitrogens with zero attached hydrogens (tertiary/aromatic N) is 2. The van der Waals surface area contributed by atoms with Gasteiger partial charge in [0, 0.05) is 18.9 Å². The molecule has 2 rings (SSSR count). The average Bonchev–Trinajstić information content (AvgIpc) is 2.40. The molecule has 0 radical (unpaired) electrons. The van der Waals surface area contributed by atoms with Crippen LogP contribution in [0.2, 0.25) is 0 Å². The van der Waals surface area contributed by atoms with Gasteiger partial charge in [-0.15, -0.1) is 11.8 Å². The van der Waals surface area contributed by atoms with Crippen LogP contribution >= 0.6 is 11.8 Å². The van der Waals surface area contributed by atoms with E-state index >= 15 is 0 Å². The molecular weight excluding hydrogens is 234 g/mol. The van der Waals surface area contributed by atoms with Gasteiger partial charge in [-0.1, -0.05) is 0 Å². The summed E-state index contributed by atoms with van der Waals surface area (Å²) >= 11 is 1.62. The highest BCUT2D eigenvalue weighted by Gasteiger charge is 2.13. The van der Waals surface area contributed by atoms with E-state index in [2.05, 4.69) is 15.3 Å². The van der Waals surface area contributed by atoms with E-state index in [1.165, 1.54) is 12.8 Å². The summed E-state index contributed by atoms with van der Waals surface area (Å²) in [5, 5.41) is 4.36. The monoisotopic (exact) mass is 253 g/mol. The summed E-state index contributed by atoms with van der Waals surface area (Å²) < 4.78 is 5.75. The lowest BCUT2D eigenvalue weighted by Crippen LogP contribution is -2.32. The molecule has 0 aliphatic carbocycles. The Balaban J connectivity index is 1.77. The number of nitrogens with one attached hydrogen (secondary N) is 1. The van der Waals surface area contributed by atoms with Crippen molar-refractivity contribution in [3.8, 4) is 0 Å². The predicted molar refractivity (Wildman–Crippen MR) is 69.1 cm³/mol. The third-order valence-corrected chi connectivity index (χ3v) is 3.65. The smallest absolute Gasteiger partial charge is 0.120 e. The lowest BCUT2D eigenvalue weighted by molar-refractivity contribution is 0.0747. The van der Waals surface area contributed by atoms with E-state index in [9.17, 15) is 0 Å². The molecule has 94 valence electrons. The summed E-state index contributed by atoms with van der Waals surface area (Å²) in [6.07, 6.45) is 7.98. The first-order valence-electron chi connectivity index (χ1n) is 6.02. The van der Waals surface area contributed by atoms with E-state index in [0.29, 0.717) is 12.5 Å². The zero-order valence-corrected chi connectivity index (χ0v) is 11.0. The number of hydrogen-bond acceptors (Lipinski definition) is 5. The SMILES string of the molecule is CSc1nccnc1COC[C@@H]1CCCNC1. The van der Waals surface area contributed by atoms with Gasteiger partial charge in [0.15, 0.2) is 0 Å². The number of aromatic nitrogens is 2. The number of ether oxygens (including phenoxy) is 1. The van der Waals surface area contributed by atoms with Crippen molar-refractivity contribution in [1.29, 1.82) is 0 Å². The zero-order chi connectivity index (χ0) is 11.9. The van der Waals surface area contributed by atoms with Crippen LogP contribution in [0.15, 0.2) is 17.4 Å². The maximum Gasteiger partial charge on any atom is 0.120 e. The molecule has 0 amide bonds. The summed E-state index contributed by atoms with van der Waals surface area (Å²) in [7, 11) is 0. The average molecular weight is 253 g/mol. The molecule has 1 aromatic rings. The van der Waals surface area contributed by atoms with E-state index in [-0.39, 0.29) is 0 Å². The van der Waals surface area contributed by atoms with Crippen molar-refractivity contribution in [2.24, 2.45) is 5.92 Å². The van der Waals surface area contributed by atoms with Crippen molar-refractivity contribution in [3.63, 3.8) is 0 Å². The Morgan fingerprint density at radius 1 is 1.47 bits per heavy atom. The Labute approximate surface area is 107 Å². The Hall–Kier alpha value is -0.650. The third-order valence-electron chi connectivity index (χ3n) is 2.92. The summed E-state index contributed by atoms with van der Waals surface area (Å²) in [5.74, 6) is 0.651. The fraction of sp³-hybridized carbons (Fsp3) is 0.667. The minimum Gasteiger partial charge on any atom is -0.375 e. The molecule has 2 heterocycles. The van der Waals surface area contributed by atoms with Crippen LogP contribution in [-0.2, 0) is 11.3 Å².